The first-order chi connectivity index (χ1) is 5.54. The first kappa shape index (κ1) is 11.5. The summed E-state index contributed by atoms with van der Waals surface area (Å²) >= 11 is 0. The fourth-order valence-corrected chi connectivity index (χ4v) is 0.602. The van der Waals surface area contributed by atoms with Crippen molar-refractivity contribution >= 4 is 5.78 Å². The van der Waals surface area contributed by atoms with E-state index in [2.05, 4.69) is 0 Å². The van der Waals surface area contributed by atoms with Gasteiger partial charge in [0.15, 0.2) is 5.78 Å². The average molecular weight is 180 g/mol. The highest BCUT2D eigenvalue weighted by Gasteiger charge is 2.28. The Hall–Kier alpha value is -0.530. The second-order valence-corrected chi connectivity index (χ2v) is 2.31. The lowest BCUT2D eigenvalue weighted by atomic mass is 10.1. The van der Waals surface area contributed by atoms with Gasteiger partial charge in [-0.25, -0.2) is 0 Å². The molecular weight excluding hydrogens is 168 g/mol. The third-order valence-corrected chi connectivity index (χ3v) is 1.39. The molecule has 0 aliphatic rings. The van der Waals surface area contributed by atoms with Crippen LogP contribution < -0.4 is 0 Å². The largest absolute Gasteiger partial charge is 0.394 e. The first-order valence-electron chi connectivity index (χ1n) is 3.33. The normalized spacial score (nSPS) is 18.4. The molecule has 0 spiro atoms. The van der Waals surface area contributed by atoms with E-state index in [-0.39, 0.29) is 0 Å². The van der Waals surface area contributed by atoms with Crippen molar-refractivity contribution in [3.8, 4) is 0 Å². The van der Waals surface area contributed by atoms with Crippen LogP contribution in [-0.4, -0.2) is 62.8 Å². The molecule has 0 aromatic rings. The van der Waals surface area contributed by atoms with Crippen molar-refractivity contribution in [2.75, 3.05) is 13.2 Å². The molecule has 0 aromatic heterocycles. The molecule has 0 aliphatic carbocycles. The summed E-state index contributed by atoms with van der Waals surface area (Å²) < 4.78 is 0. The highest BCUT2D eigenvalue weighted by atomic mass is 16.4. The van der Waals surface area contributed by atoms with Crippen molar-refractivity contribution in [2.24, 2.45) is 0 Å². The quantitative estimate of drug-likeness (QED) is 0.301. The Morgan fingerprint density at radius 2 is 1.67 bits per heavy atom. The second-order valence-electron chi connectivity index (χ2n) is 2.31. The van der Waals surface area contributed by atoms with Gasteiger partial charge in [0.25, 0.3) is 0 Å². The van der Waals surface area contributed by atoms with E-state index in [0.29, 0.717) is 0 Å². The van der Waals surface area contributed by atoms with Crippen LogP contribution in [0.1, 0.15) is 0 Å². The molecule has 0 aromatic carbocycles. The molecule has 0 radical (unpaired) electrons. The summed E-state index contributed by atoms with van der Waals surface area (Å²) in [4.78, 5) is 10.5. The number of aliphatic hydroxyl groups is 5. The van der Waals surface area contributed by atoms with E-state index in [1.54, 1.807) is 0 Å². The molecule has 0 bridgehead atoms. The summed E-state index contributed by atoms with van der Waals surface area (Å²) in [6.45, 7) is -1.69. The number of aliphatic hydroxyl groups excluding tert-OH is 5. The lowest BCUT2D eigenvalue weighted by Gasteiger charge is -2.19. The third-order valence-electron chi connectivity index (χ3n) is 1.39. The molecule has 5 N–H and O–H groups in total. The van der Waals surface area contributed by atoms with Gasteiger partial charge in [0.2, 0.25) is 0 Å². The Morgan fingerprint density at radius 1 is 1.17 bits per heavy atom. The van der Waals surface area contributed by atoms with Gasteiger partial charge in [0.1, 0.15) is 24.9 Å². The molecule has 0 rings (SSSR count). The Balaban J connectivity index is 4.08. The zero-order valence-electron chi connectivity index (χ0n) is 6.29. The third kappa shape index (κ3) is 2.84. The summed E-state index contributed by atoms with van der Waals surface area (Å²) in [5, 5.41) is 43.1. The average Bonchev–Trinajstić information content (AvgIpc) is 2.12. The molecule has 6 heteroatoms. The summed E-state index contributed by atoms with van der Waals surface area (Å²) in [7, 11) is 0. The van der Waals surface area contributed by atoms with E-state index in [1.165, 1.54) is 0 Å². The highest BCUT2D eigenvalue weighted by molar-refractivity contribution is 5.84. The van der Waals surface area contributed by atoms with Crippen molar-refractivity contribution < 1.29 is 30.3 Å². The smallest absolute Gasteiger partial charge is 0.189 e. The Labute approximate surface area is 68.7 Å². The van der Waals surface area contributed by atoms with Gasteiger partial charge < -0.3 is 25.5 Å². The number of hydrogen-bond donors (Lipinski definition) is 5. The van der Waals surface area contributed by atoms with Crippen molar-refractivity contribution in [3.63, 3.8) is 0 Å². The van der Waals surface area contributed by atoms with E-state index in [1.807, 2.05) is 0 Å². The topological polar surface area (TPSA) is 118 Å². The lowest BCUT2D eigenvalue weighted by Crippen LogP contribution is -2.44. The van der Waals surface area contributed by atoms with Gasteiger partial charge in [0.05, 0.1) is 6.61 Å². The summed E-state index contributed by atoms with van der Waals surface area (Å²) in [6.07, 6.45) is -5.22. The van der Waals surface area contributed by atoms with Gasteiger partial charge in [-0.3, -0.25) is 4.79 Å². The van der Waals surface area contributed by atoms with Crippen molar-refractivity contribution in [1.82, 2.24) is 0 Å². The zero-order chi connectivity index (χ0) is 9.72. The minimum absolute atomic E-state index is 0.767. The number of carbonyl (C=O) groups is 1. The standard InChI is InChI=1S/C6H12O6/c7-1-3(9)5(11)6(12)4(10)2-8/h3,5-9,11-12H,1-2H2. The molecule has 12 heavy (non-hydrogen) atoms. The van der Waals surface area contributed by atoms with Crippen LogP contribution in [0.25, 0.3) is 0 Å². The predicted molar refractivity (Wildman–Crippen MR) is 37.2 cm³/mol. The molecule has 6 nitrogen and oxygen atoms in total. The van der Waals surface area contributed by atoms with Crippen molar-refractivity contribution in [1.29, 1.82) is 0 Å². The van der Waals surface area contributed by atoms with Crippen LogP contribution in [0.15, 0.2) is 0 Å². The van der Waals surface area contributed by atoms with Crippen LogP contribution in [0.3, 0.4) is 0 Å². The summed E-state index contributed by atoms with van der Waals surface area (Å²) in [5.41, 5.74) is 0. The van der Waals surface area contributed by atoms with E-state index in [4.69, 9.17) is 25.5 Å². The van der Waals surface area contributed by atoms with Crippen LogP contribution in [0.2, 0.25) is 0 Å². The molecule has 0 fully saturated rings. The molecule has 0 aliphatic heterocycles. The Kier molecular flexibility index (Phi) is 4.95. The molecule has 0 amide bonds. The van der Waals surface area contributed by atoms with Gasteiger partial charge >= 0.3 is 0 Å². The minimum Gasteiger partial charge on any atom is -0.394 e. The Morgan fingerprint density at radius 3 is 2.00 bits per heavy atom. The number of Topliss-reactive ketones (excluding diaryl/α,β-unsaturated/α-hetero) is 1. The van der Waals surface area contributed by atoms with Crippen molar-refractivity contribution in [3.05, 3.63) is 0 Å². The van der Waals surface area contributed by atoms with Crippen molar-refractivity contribution in [2.45, 2.75) is 18.3 Å². The second kappa shape index (κ2) is 5.18. The fourth-order valence-electron chi connectivity index (χ4n) is 0.602. The summed E-state index contributed by atoms with van der Waals surface area (Å²) in [6, 6.07) is 0. The first-order valence-corrected chi connectivity index (χ1v) is 3.33. The minimum atomic E-state index is -1.86. The van der Waals surface area contributed by atoms with Gasteiger partial charge in [0, 0.05) is 0 Å². The molecule has 3 atom stereocenters. The van der Waals surface area contributed by atoms with Crippen LogP contribution in [0, 0.1) is 0 Å². The number of rotatable bonds is 5. The van der Waals surface area contributed by atoms with Gasteiger partial charge in [-0.2, -0.15) is 0 Å². The zero-order valence-corrected chi connectivity index (χ0v) is 6.29. The van der Waals surface area contributed by atoms with Gasteiger partial charge in [-0.05, 0) is 0 Å². The maximum absolute atomic E-state index is 10.5. The van der Waals surface area contributed by atoms with Crippen LogP contribution in [0.4, 0.5) is 0 Å². The maximum atomic E-state index is 10.5. The van der Waals surface area contributed by atoms with Gasteiger partial charge in [-0.15, -0.1) is 0 Å². The molecular formula is C6H12O6. The monoisotopic (exact) mass is 180 g/mol. The van der Waals surface area contributed by atoms with Gasteiger partial charge in [-0.1, -0.05) is 0 Å². The van der Waals surface area contributed by atoms with E-state index in [0.717, 1.165) is 0 Å². The molecule has 0 saturated heterocycles. The molecule has 72 valence electrons. The van der Waals surface area contributed by atoms with Crippen LogP contribution in [0.5, 0.6) is 0 Å². The molecule has 3 unspecified atom stereocenters. The molecule has 0 heterocycles. The Bertz CT molecular complexity index is 147. The molecule has 0 saturated carbocycles. The lowest BCUT2D eigenvalue weighted by molar-refractivity contribution is -0.142. The van der Waals surface area contributed by atoms with E-state index < -0.39 is 37.3 Å². The predicted octanol–water partition coefficient (Wildman–Crippen LogP) is -3.38. The van der Waals surface area contributed by atoms with Crippen LogP contribution in [-0.2, 0) is 4.79 Å². The number of ketones is 1. The SMILES string of the molecule is O=C(CO)C(O)C(O)C(O)CO. The van der Waals surface area contributed by atoms with E-state index in [9.17, 15) is 4.79 Å². The maximum Gasteiger partial charge on any atom is 0.189 e. The number of carbonyl (C=O) groups excluding carboxylic acids is 1. The van der Waals surface area contributed by atoms with E-state index >= 15 is 0 Å². The van der Waals surface area contributed by atoms with Crippen LogP contribution >= 0.6 is 0 Å². The fraction of sp³-hybridized carbons (Fsp3) is 0.833. The highest BCUT2D eigenvalue weighted by Crippen LogP contribution is 2.00. The number of hydrogen-bond acceptors (Lipinski definition) is 6. The summed E-state index contributed by atoms with van der Waals surface area (Å²) in [5.74, 6) is -1.00.